The molecule has 1 heterocycles. The lowest BCUT2D eigenvalue weighted by molar-refractivity contribution is -0.137. The molecule has 3 rings (SSSR count). The Morgan fingerprint density at radius 1 is 1.10 bits per heavy atom. The van der Waals surface area contributed by atoms with E-state index in [1.807, 2.05) is 0 Å². The summed E-state index contributed by atoms with van der Waals surface area (Å²) in [5, 5.41) is 30.4. The molecule has 8 heteroatoms. The molecule has 4 atom stereocenters. The highest BCUT2D eigenvalue weighted by Gasteiger charge is 2.35. The standard InChI is InChI=1S/C21H23F4NO3/c1-12(20(29)15-4-7-18(27)17(22)10-15)26-9-8-14(11-19(26)28)13-2-5-16(6-3-13)21(23,24)25/h2-7,10,12,14,19-20,27-29H,8-9,11H2,1H3/t12-,14?,19?,20+/m1/s1. The predicted octanol–water partition coefficient (Wildman–Crippen LogP) is 4.17. The van der Waals surface area contributed by atoms with E-state index < -0.39 is 41.7 Å². The van der Waals surface area contributed by atoms with Crippen molar-refractivity contribution in [1.82, 2.24) is 4.90 Å². The number of alkyl halides is 3. The lowest BCUT2D eigenvalue weighted by atomic mass is 9.87. The zero-order valence-corrected chi connectivity index (χ0v) is 15.8. The van der Waals surface area contributed by atoms with Gasteiger partial charge in [0.25, 0.3) is 0 Å². The van der Waals surface area contributed by atoms with Crippen LogP contribution in [0.1, 0.15) is 48.5 Å². The Bertz CT molecular complexity index is 841. The number of nitrogens with zero attached hydrogens (tertiary/aromatic N) is 1. The largest absolute Gasteiger partial charge is 0.505 e. The average Bonchev–Trinajstić information content (AvgIpc) is 2.68. The first kappa shape index (κ1) is 21.5. The van der Waals surface area contributed by atoms with Crippen LogP contribution in [0.3, 0.4) is 0 Å². The van der Waals surface area contributed by atoms with E-state index in [0.29, 0.717) is 19.4 Å². The molecule has 0 aromatic heterocycles. The fourth-order valence-corrected chi connectivity index (χ4v) is 3.85. The SMILES string of the molecule is C[C@H]([C@H](O)c1ccc(O)c(F)c1)N1CCC(c2ccc(C(F)(F)F)cc2)CC1O. The van der Waals surface area contributed by atoms with Crippen LogP contribution in [0.25, 0.3) is 0 Å². The molecule has 1 saturated heterocycles. The van der Waals surface area contributed by atoms with Gasteiger partial charge < -0.3 is 15.3 Å². The smallest absolute Gasteiger partial charge is 0.416 e. The summed E-state index contributed by atoms with van der Waals surface area (Å²) in [6.45, 7) is 2.13. The normalized spacial score (nSPS) is 23.0. The van der Waals surface area contributed by atoms with Gasteiger partial charge in [-0.1, -0.05) is 18.2 Å². The maximum absolute atomic E-state index is 13.6. The van der Waals surface area contributed by atoms with Crippen molar-refractivity contribution in [2.75, 3.05) is 6.54 Å². The highest BCUT2D eigenvalue weighted by Crippen LogP contribution is 2.36. The Hall–Kier alpha value is -2.16. The Kier molecular flexibility index (Phi) is 6.16. The number of hydrogen-bond donors (Lipinski definition) is 3. The van der Waals surface area contributed by atoms with Crippen molar-refractivity contribution >= 4 is 0 Å². The molecule has 0 amide bonds. The maximum atomic E-state index is 13.6. The number of phenols is 1. The predicted molar refractivity (Wildman–Crippen MR) is 98.6 cm³/mol. The van der Waals surface area contributed by atoms with E-state index >= 15 is 0 Å². The van der Waals surface area contributed by atoms with Gasteiger partial charge in [-0.05, 0) is 61.1 Å². The summed E-state index contributed by atoms with van der Waals surface area (Å²) in [7, 11) is 0. The van der Waals surface area contributed by atoms with E-state index in [1.165, 1.54) is 18.2 Å². The Labute approximate surface area is 166 Å². The van der Waals surface area contributed by atoms with Gasteiger partial charge in [-0.15, -0.1) is 0 Å². The first-order valence-electron chi connectivity index (χ1n) is 9.35. The van der Waals surface area contributed by atoms with Crippen molar-refractivity contribution in [2.45, 2.75) is 50.2 Å². The molecule has 1 aliphatic heterocycles. The van der Waals surface area contributed by atoms with Crippen molar-refractivity contribution in [1.29, 1.82) is 0 Å². The second-order valence-corrected chi connectivity index (χ2v) is 7.46. The van der Waals surface area contributed by atoms with E-state index in [-0.39, 0.29) is 11.5 Å². The number of aliphatic hydroxyl groups excluding tert-OH is 2. The van der Waals surface area contributed by atoms with Crippen LogP contribution in [-0.4, -0.2) is 39.0 Å². The molecule has 0 spiro atoms. The van der Waals surface area contributed by atoms with Crippen LogP contribution in [0.2, 0.25) is 0 Å². The topological polar surface area (TPSA) is 63.9 Å². The van der Waals surface area contributed by atoms with Crippen LogP contribution < -0.4 is 0 Å². The van der Waals surface area contributed by atoms with Gasteiger partial charge in [0.05, 0.1) is 11.7 Å². The van der Waals surface area contributed by atoms with E-state index in [0.717, 1.165) is 29.8 Å². The van der Waals surface area contributed by atoms with E-state index in [9.17, 15) is 32.9 Å². The first-order valence-corrected chi connectivity index (χ1v) is 9.35. The molecule has 0 aliphatic carbocycles. The Balaban J connectivity index is 1.66. The van der Waals surface area contributed by atoms with Crippen molar-refractivity contribution < 1.29 is 32.9 Å². The maximum Gasteiger partial charge on any atom is 0.416 e. The number of likely N-dealkylation sites (tertiary alicyclic amines) is 1. The fourth-order valence-electron chi connectivity index (χ4n) is 3.85. The highest BCUT2D eigenvalue weighted by atomic mass is 19.4. The van der Waals surface area contributed by atoms with Crippen LogP contribution in [0.5, 0.6) is 5.75 Å². The van der Waals surface area contributed by atoms with Gasteiger partial charge in [0.1, 0.15) is 6.23 Å². The third-order valence-corrected chi connectivity index (χ3v) is 5.62. The van der Waals surface area contributed by atoms with Gasteiger partial charge in [-0.25, -0.2) is 4.39 Å². The monoisotopic (exact) mass is 413 g/mol. The molecular weight excluding hydrogens is 390 g/mol. The average molecular weight is 413 g/mol. The molecular formula is C21H23F4NO3. The molecule has 4 nitrogen and oxygen atoms in total. The minimum absolute atomic E-state index is 0.0982. The molecule has 158 valence electrons. The summed E-state index contributed by atoms with van der Waals surface area (Å²) in [5.74, 6) is -1.44. The summed E-state index contributed by atoms with van der Waals surface area (Å²) in [5.41, 5.74) is 0.299. The number of hydrogen-bond acceptors (Lipinski definition) is 4. The van der Waals surface area contributed by atoms with E-state index in [2.05, 4.69) is 0 Å². The van der Waals surface area contributed by atoms with Crippen LogP contribution in [0.15, 0.2) is 42.5 Å². The molecule has 29 heavy (non-hydrogen) atoms. The molecule has 0 bridgehead atoms. The number of piperidine rings is 1. The van der Waals surface area contributed by atoms with Crippen LogP contribution >= 0.6 is 0 Å². The third-order valence-electron chi connectivity index (χ3n) is 5.62. The number of phenolic OH excluding ortho intramolecular Hbond substituents is 1. The van der Waals surface area contributed by atoms with Crippen molar-refractivity contribution in [3.63, 3.8) is 0 Å². The quantitative estimate of drug-likeness (QED) is 0.659. The minimum Gasteiger partial charge on any atom is -0.505 e. The van der Waals surface area contributed by atoms with Gasteiger partial charge in [0.2, 0.25) is 0 Å². The zero-order chi connectivity index (χ0) is 21.3. The number of aromatic hydroxyl groups is 1. The molecule has 1 aliphatic rings. The van der Waals surface area contributed by atoms with Crippen molar-refractivity contribution in [2.24, 2.45) is 0 Å². The number of benzene rings is 2. The van der Waals surface area contributed by atoms with Gasteiger partial charge in [-0.2, -0.15) is 13.2 Å². The van der Waals surface area contributed by atoms with Gasteiger partial charge in [0.15, 0.2) is 11.6 Å². The molecule has 2 aromatic carbocycles. The lowest BCUT2D eigenvalue weighted by Gasteiger charge is -2.41. The van der Waals surface area contributed by atoms with E-state index in [1.54, 1.807) is 11.8 Å². The van der Waals surface area contributed by atoms with E-state index in [4.69, 9.17) is 0 Å². The molecule has 0 saturated carbocycles. The molecule has 3 N–H and O–H groups in total. The molecule has 2 aromatic rings. The molecule has 2 unspecified atom stereocenters. The second kappa shape index (κ2) is 8.30. The minimum atomic E-state index is -4.39. The number of rotatable bonds is 4. The second-order valence-electron chi connectivity index (χ2n) is 7.46. The van der Waals surface area contributed by atoms with Gasteiger partial charge in [0, 0.05) is 12.6 Å². The Morgan fingerprint density at radius 3 is 2.31 bits per heavy atom. The van der Waals surface area contributed by atoms with Gasteiger partial charge >= 0.3 is 6.18 Å². The summed E-state index contributed by atoms with van der Waals surface area (Å²) < 4.78 is 51.7. The summed E-state index contributed by atoms with van der Waals surface area (Å²) in [6.07, 6.45) is -5.46. The molecule has 1 fully saturated rings. The summed E-state index contributed by atoms with van der Waals surface area (Å²) in [4.78, 5) is 1.69. The van der Waals surface area contributed by atoms with Crippen LogP contribution in [0, 0.1) is 5.82 Å². The van der Waals surface area contributed by atoms with Gasteiger partial charge in [-0.3, -0.25) is 4.90 Å². The number of halogens is 4. The van der Waals surface area contributed by atoms with Crippen LogP contribution in [0.4, 0.5) is 17.6 Å². The number of aliphatic hydroxyl groups is 2. The first-order chi connectivity index (χ1) is 13.6. The zero-order valence-electron chi connectivity index (χ0n) is 15.8. The Morgan fingerprint density at radius 2 is 1.76 bits per heavy atom. The van der Waals surface area contributed by atoms with Crippen molar-refractivity contribution in [3.05, 3.63) is 65.0 Å². The highest BCUT2D eigenvalue weighted by molar-refractivity contribution is 5.30. The fraction of sp³-hybridized carbons (Fsp3) is 0.429. The summed E-state index contributed by atoms with van der Waals surface area (Å²) in [6, 6.07) is 8.06. The van der Waals surface area contributed by atoms with Crippen LogP contribution in [-0.2, 0) is 6.18 Å². The van der Waals surface area contributed by atoms with Crippen molar-refractivity contribution in [3.8, 4) is 5.75 Å². The third kappa shape index (κ3) is 4.71. The molecule has 0 radical (unpaired) electrons. The lowest BCUT2D eigenvalue weighted by Crippen LogP contribution is -2.49. The summed E-state index contributed by atoms with van der Waals surface area (Å²) >= 11 is 0.